The molecular weight excluding hydrogens is 414 g/mol. The molecule has 1 amide bonds. The molecule has 0 bridgehead atoms. The maximum atomic E-state index is 13.3. The SMILES string of the molecule is C.Cc1cccc(-c2nc(NC(=O)C3(c4ccc5c(c4)OC(F)(F)O5)CC3)ccc2C)c1. The molecule has 0 spiro atoms. The highest BCUT2D eigenvalue weighted by Crippen LogP contribution is 2.52. The van der Waals surface area contributed by atoms with Crippen LogP contribution in [0.25, 0.3) is 11.3 Å². The number of aromatic nitrogens is 1. The van der Waals surface area contributed by atoms with Crippen LogP contribution in [0.3, 0.4) is 0 Å². The third kappa shape index (κ3) is 3.79. The van der Waals surface area contributed by atoms with E-state index in [0.29, 0.717) is 24.2 Å². The Morgan fingerprint density at radius 2 is 1.75 bits per heavy atom. The van der Waals surface area contributed by atoms with Crippen LogP contribution in [0.15, 0.2) is 54.6 Å². The van der Waals surface area contributed by atoms with Gasteiger partial charge in [0.2, 0.25) is 5.91 Å². The minimum atomic E-state index is -3.68. The fraction of sp³-hybridized carbons (Fsp3) is 0.280. The number of nitrogens with one attached hydrogen (secondary N) is 1. The average Bonchev–Trinajstić information content (AvgIpc) is 3.46. The molecule has 2 heterocycles. The number of halogens is 2. The van der Waals surface area contributed by atoms with Gasteiger partial charge in [-0.25, -0.2) is 4.98 Å². The molecule has 32 heavy (non-hydrogen) atoms. The summed E-state index contributed by atoms with van der Waals surface area (Å²) in [5.41, 5.74) is 3.74. The second kappa shape index (κ2) is 7.58. The van der Waals surface area contributed by atoms with Gasteiger partial charge in [-0.05, 0) is 62.1 Å². The van der Waals surface area contributed by atoms with E-state index in [0.717, 1.165) is 22.4 Å². The molecule has 3 aromatic rings. The normalized spacial score (nSPS) is 16.8. The summed E-state index contributed by atoms with van der Waals surface area (Å²) < 4.78 is 35.7. The number of carbonyl (C=O) groups is 1. The van der Waals surface area contributed by atoms with E-state index >= 15 is 0 Å². The van der Waals surface area contributed by atoms with Gasteiger partial charge >= 0.3 is 6.29 Å². The summed E-state index contributed by atoms with van der Waals surface area (Å²) >= 11 is 0. The molecule has 1 aliphatic carbocycles. The van der Waals surface area contributed by atoms with Gasteiger partial charge in [-0.3, -0.25) is 4.79 Å². The van der Waals surface area contributed by atoms with Crippen LogP contribution >= 0.6 is 0 Å². The maximum absolute atomic E-state index is 13.3. The number of ether oxygens (including phenoxy) is 2. The number of aryl methyl sites for hydroxylation is 2. The second-order valence-corrected chi connectivity index (χ2v) is 8.10. The molecule has 1 aliphatic heterocycles. The van der Waals surface area contributed by atoms with Crippen LogP contribution in [0.4, 0.5) is 14.6 Å². The van der Waals surface area contributed by atoms with Crippen molar-refractivity contribution in [3.8, 4) is 22.8 Å². The summed E-state index contributed by atoms with van der Waals surface area (Å²) in [7, 11) is 0. The summed E-state index contributed by atoms with van der Waals surface area (Å²) in [5, 5.41) is 2.91. The van der Waals surface area contributed by atoms with Crippen LogP contribution in [0.2, 0.25) is 0 Å². The van der Waals surface area contributed by atoms with Crippen molar-refractivity contribution in [1.29, 1.82) is 0 Å². The van der Waals surface area contributed by atoms with Crippen molar-refractivity contribution in [2.75, 3.05) is 5.32 Å². The number of alkyl halides is 2. The lowest BCUT2D eigenvalue weighted by atomic mass is 9.94. The molecule has 0 saturated heterocycles. The van der Waals surface area contributed by atoms with Crippen molar-refractivity contribution in [3.05, 3.63) is 71.3 Å². The topological polar surface area (TPSA) is 60.5 Å². The maximum Gasteiger partial charge on any atom is 0.586 e. The van der Waals surface area contributed by atoms with Gasteiger partial charge in [0.15, 0.2) is 11.5 Å². The zero-order chi connectivity index (χ0) is 21.8. The Kier molecular flexibility index (Phi) is 5.15. The van der Waals surface area contributed by atoms with E-state index in [1.165, 1.54) is 12.1 Å². The summed E-state index contributed by atoms with van der Waals surface area (Å²) in [6, 6.07) is 16.2. The van der Waals surface area contributed by atoms with Crippen molar-refractivity contribution in [1.82, 2.24) is 4.98 Å². The van der Waals surface area contributed by atoms with Crippen molar-refractivity contribution >= 4 is 11.7 Å². The van der Waals surface area contributed by atoms with E-state index in [-0.39, 0.29) is 24.8 Å². The standard InChI is InChI=1S/C24H20F2N2O3.CH4/c1-14-4-3-5-16(12-14)21-15(2)6-9-20(27-21)28-22(29)23(10-11-23)17-7-8-18-19(13-17)31-24(25,26)30-18;/h3-9,12-13H,10-11H2,1-2H3,(H,27,28,29);1H4. The van der Waals surface area contributed by atoms with Gasteiger partial charge in [-0.15, -0.1) is 8.78 Å². The molecule has 0 radical (unpaired) electrons. The molecule has 2 aromatic carbocycles. The molecule has 1 N–H and O–H groups in total. The van der Waals surface area contributed by atoms with Gasteiger partial charge in [-0.1, -0.05) is 43.3 Å². The highest BCUT2D eigenvalue weighted by Gasteiger charge is 2.53. The van der Waals surface area contributed by atoms with E-state index in [1.807, 2.05) is 44.2 Å². The number of pyridine rings is 1. The molecule has 166 valence electrons. The Morgan fingerprint density at radius 1 is 1.00 bits per heavy atom. The molecule has 1 saturated carbocycles. The third-order valence-electron chi connectivity index (χ3n) is 5.77. The van der Waals surface area contributed by atoms with Gasteiger partial charge in [0.25, 0.3) is 0 Å². The average molecular weight is 438 g/mol. The van der Waals surface area contributed by atoms with Gasteiger partial charge in [0.1, 0.15) is 5.82 Å². The number of carbonyl (C=O) groups excluding carboxylic acids is 1. The van der Waals surface area contributed by atoms with Gasteiger partial charge in [0, 0.05) is 5.56 Å². The molecule has 7 heteroatoms. The molecule has 0 unspecified atom stereocenters. The Hall–Kier alpha value is -3.48. The lowest BCUT2D eigenvalue weighted by Gasteiger charge is -2.17. The number of hydrogen-bond acceptors (Lipinski definition) is 4. The summed E-state index contributed by atoms with van der Waals surface area (Å²) in [4.78, 5) is 17.8. The fourth-order valence-corrected chi connectivity index (χ4v) is 3.94. The first-order valence-corrected chi connectivity index (χ1v) is 10.0. The Balaban J connectivity index is 0.00000245. The largest absolute Gasteiger partial charge is 0.586 e. The highest BCUT2D eigenvalue weighted by molar-refractivity contribution is 6.01. The van der Waals surface area contributed by atoms with E-state index in [4.69, 9.17) is 0 Å². The van der Waals surface area contributed by atoms with E-state index in [9.17, 15) is 13.6 Å². The van der Waals surface area contributed by atoms with Crippen molar-refractivity contribution < 1.29 is 23.0 Å². The molecule has 5 rings (SSSR count). The van der Waals surface area contributed by atoms with Crippen LogP contribution in [-0.2, 0) is 10.2 Å². The number of hydrogen-bond donors (Lipinski definition) is 1. The minimum Gasteiger partial charge on any atom is -0.395 e. The summed E-state index contributed by atoms with van der Waals surface area (Å²) in [6.45, 7) is 3.99. The van der Waals surface area contributed by atoms with Crippen molar-refractivity contribution in [2.24, 2.45) is 0 Å². The summed E-state index contributed by atoms with van der Waals surface area (Å²) in [6.07, 6.45) is -2.45. The predicted octanol–water partition coefficient (Wildman–Crippen LogP) is 5.99. The lowest BCUT2D eigenvalue weighted by molar-refractivity contribution is -0.286. The van der Waals surface area contributed by atoms with Crippen molar-refractivity contribution in [2.45, 2.75) is 45.8 Å². The van der Waals surface area contributed by atoms with Gasteiger partial charge < -0.3 is 14.8 Å². The van der Waals surface area contributed by atoms with E-state index in [2.05, 4.69) is 19.8 Å². The monoisotopic (exact) mass is 438 g/mol. The smallest absolute Gasteiger partial charge is 0.395 e. The second-order valence-electron chi connectivity index (χ2n) is 8.10. The molecule has 1 fully saturated rings. The quantitative estimate of drug-likeness (QED) is 0.543. The first kappa shape index (κ1) is 21.7. The number of fused-ring (bicyclic) bond motifs is 1. The number of amides is 1. The van der Waals surface area contributed by atoms with Crippen molar-refractivity contribution in [3.63, 3.8) is 0 Å². The van der Waals surface area contributed by atoms with Crippen LogP contribution < -0.4 is 14.8 Å². The Labute approximate surface area is 185 Å². The third-order valence-corrected chi connectivity index (χ3v) is 5.77. The van der Waals surface area contributed by atoms with Crippen LogP contribution in [0.1, 0.15) is 37.0 Å². The molecule has 5 nitrogen and oxygen atoms in total. The fourth-order valence-electron chi connectivity index (χ4n) is 3.94. The lowest BCUT2D eigenvalue weighted by Crippen LogP contribution is -2.28. The first-order valence-electron chi connectivity index (χ1n) is 10.0. The Bertz CT molecular complexity index is 1210. The number of benzene rings is 2. The molecule has 0 atom stereocenters. The van der Waals surface area contributed by atoms with Crippen LogP contribution in [-0.4, -0.2) is 17.2 Å². The zero-order valence-electron chi connectivity index (χ0n) is 17.0. The zero-order valence-corrected chi connectivity index (χ0v) is 17.0. The minimum absolute atomic E-state index is 0. The van der Waals surface area contributed by atoms with Crippen LogP contribution in [0.5, 0.6) is 11.5 Å². The first-order chi connectivity index (χ1) is 14.8. The number of anilines is 1. The molecular formula is C25H24F2N2O3. The predicted molar refractivity (Wildman–Crippen MR) is 118 cm³/mol. The number of nitrogens with zero attached hydrogens (tertiary/aromatic N) is 1. The number of rotatable bonds is 4. The van der Waals surface area contributed by atoms with Crippen LogP contribution in [0, 0.1) is 13.8 Å². The van der Waals surface area contributed by atoms with E-state index in [1.54, 1.807) is 12.1 Å². The Morgan fingerprint density at radius 3 is 2.47 bits per heavy atom. The van der Waals surface area contributed by atoms with Gasteiger partial charge in [-0.2, -0.15) is 0 Å². The molecule has 1 aromatic heterocycles. The van der Waals surface area contributed by atoms with E-state index < -0.39 is 11.7 Å². The van der Waals surface area contributed by atoms with Gasteiger partial charge in [0.05, 0.1) is 11.1 Å². The molecule has 2 aliphatic rings. The summed E-state index contributed by atoms with van der Waals surface area (Å²) in [5.74, 6) is 0.139. The highest BCUT2D eigenvalue weighted by atomic mass is 19.3.